The minimum absolute atomic E-state index is 0.0656. The van der Waals surface area contributed by atoms with E-state index < -0.39 is 39.4 Å². The molecule has 2 aliphatic rings. The van der Waals surface area contributed by atoms with Crippen molar-refractivity contribution in [1.29, 1.82) is 0 Å². The van der Waals surface area contributed by atoms with Gasteiger partial charge in [-0.3, -0.25) is 4.72 Å². The molecule has 1 N–H and O–H groups in total. The molecule has 0 atom stereocenters. The average molecular weight is 341 g/mol. The van der Waals surface area contributed by atoms with E-state index in [9.17, 15) is 12.8 Å². The Morgan fingerprint density at radius 2 is 1.74 bits per heavy atom. The molecule has 126 valence electrons. The van der Waals surface area contributed by atoms with Crippen molar-refractivity contribution in [2.45, 2.75) is 57.0 Å². The number of hydrogen-bond donors (Lipinski definition) is 1. The van der Waals surface area contributed by atoms with Crippen molar-refractivity contribution in [2.24, 2.45) is 0 Å². The highest BCUT2D eigenvalue weighted by Gasteiger charge is 2.52. The van der Waals surface area contributed by atoms with Gasteiger partial charge < -0.3 is 9.31 Å². The molecule has 1 aliphatic carbocycles. The molecule has 0 radical (unpaired) electrons. The van der Waals surface area contributed by atoms with Gasteiger partial charge in [-0.1, -0.05) is 12.1 Å². The first kappa shape index (κ1) is 16.7. The fraction of sp³-hybridized carbons (Fsp3) is 0.600. The Morgan fingerprint density at radius 1 is 1.17 bits per heavy atom. The summed E-state index contributed by atoms with van der Waals surface area (Å²) in [6, 6.07) is 4.55. The summed E-state index contributed by atoms with van der Waals surface area (Å²) in [5, 5.41) is -0.414. The van der Waals surface area contributed by atoms with E-state index in [1.165, 1.54) is 6.07 Å². The number of nitrogens with one attached hydrogen (secondary N) is 1. The lowest BCUT2D eigenvalue weighted by molar-refractivity contribution is 0.00578. The van der Waals surface area contributed by atoms with Crippen LogP contribution in [0.5, 0.6) is 0 Å². The molecular formula is C15H21BFNO4S. The zero-order chi connectivity index (χ0) is 17.0. The van der Waals surface area contributed by atoms with Crippen LogP contribution in [0, 0.1) is 5.82 Å². The van der Waals surface area contributed by atoms with E-state index in [2.05, 4.69) is 4.72 Å². The minimum atomic E-state index is -3.52. The fourth-order valence-electron chi connectivity index (χ4n) is 2.40. The summed E-state index contributed by atoms with van der Waals surface area (Å²) >= 11 is 0. The summed E-state index contributed by atoms with van der Waals surface area (Å²) in [4.78, 5) is 0. The molecule has 1 saturated heterocycles. The van der Waals surface area contributed by atoms with Crippen LogP contribution in [0.2, 0.25) is 0 Å². The molecule has 0 bridgehead atoms. The monoisotopic (exact) mass is 341 g/mol. The maximum Gasteiger partial charge on any atom is 0.497 e. The maximum absolute atomic E-state index is 14.8. The first-order chi connectivity index (χ1) is 10.5. The van der Waals surface area contributed by atoms with Crippen molar-refractivity contribution in [2.75, 3.05) is 4.72 Å². The number of sulfonamides is 1. The summed E-state index contributed by atoms with van der Waals surface area (Å²) in [5.41, 5.74) is -1.05. The van der Waals surface area contributed by atoms with Crippen LogP contribution in [0.3, 0.4) is 0 Å². The number of rotatable bonds is 4. The summed E-state index contributed by atoms with van der Waals surface area (Å²) in [6.07, 6.45) is 1.24. The standard InChI is InChI=1S/C15H21BFNO4S/c1-14(2)15(3,4)22-16(21-14)11-6-5-7-12(13(11)17)18-23(19,20)10-8-9-10/h5-7,10,18H,8-9H2,1-4H3. The van der Waals surface area contributed by atoms with Crippen LogP contribution in [0.25, 0.3) is 0 Å². The Morgan fingerprint density at radius 3 is 2.26 bits per heavy atom. The molecule has 0 amide bonds. The van der Waals surface area contributed by atoms with Gasteiger partial charge in [-0.05, 0) is 46.6 Å². The van der Waals surface area contributed by atoms with Crippen molar-refractivity contribution in [1.82, 2.24) is 0 Å². The van der Waals surface area contributed by atoms with Gasteiger partial charge >= 0.3 is 7.12 Å². The number of benzene rings is 1. The molecule has 23 heavy (non-hydrogen) atoms. The van der Waals surface area contributed by atoms with Gasteiger partial charge in [0.15, 0.2) is 0 Å². The second kappa shape index (κ2) is 5.19. The Balaban J connectivity index is 1.89. The molecule has 1 aliphatic heterocycles. The van der Waals surface area contributed by atoms with Crippen molar-refractivity contribution in [3.05, 3.63) is 24.0 Å². The van der Waals surface area contributed by atoms with E-state index in [0.717, 1.165) is 0 Å². The second-order valence-electron chi connectivity index (χ2n) is 7.14. The SMILES string of the molecule is CC1(C)OB(c2cccc(NS(=O)(=O)C3CC3)c2F)OC1(C)C. The van der Waals surface area contributed by atoms with Gasteiger partial charge in [-0.25, -0.2) is 12.8 Å². The highest BCUT2D eigenvalue weighted by Crippen LogP contribution is 2.37. The van der Waals surface area contributed by atoms with E-state index in [1.54, 1.807) is 12.1 Å². The molecule has 3 rings (SSSR count). The van der Waals surface area contributed by atoms with Crippen molar-refractivity contribution in [3.8, 4) is 0 Å². The van der Waals surface area contributed by atoms with Crippen LogP contribution in [0.1, 0.15) is 40.5 Å². The van der Waals surface area contributed by atoms with Gasteiger partial charge in [0.05, 0.1) is 22.1 Å². The predicted molar refractivity (Wildman–Crippen MR) is 87.7 cm³/mol. The normalized spacial score (nSPS) is 23.1. The third kappa shape index (κ3) is 2.99. The van der Waals surface area contributed by atoms with E-state index in [1.807, 2.05) is 27.7 Å². The van der Waals surface area contributed by atoms with Gasteiger partial charge in [0.1, 0.15) is 5.82 Å². The third-order valence-electron chi connectivity index (χ3n) is 4.75. The Bertz CT molecular complexity index is 715. The first-order valence-corrected chi connectivity index (χ1v) is 9.24. The van der Waals surface area contributed by atoms with Gasteiger partial charge in [0, 0.05) is 5.46 Å². The van der Waals surface area contributed by atoms with Crippen LogP contribution in [0.4, 0.5) is 10.1 Å². The smallest absolute Gasteiger partial charge is 0.399 e. The largest absolute Gasteiger partial charge is 0.497 e. The van der Waals surface area contributed by atoms with Crippen LogP contribution < -0.4 is 10.2 Å². The summed E-state index contributed by atoms with van der Waals surface area (Å²) < 4.78 is 52.8. The van der Waals surface area contributed by atoms with Crippen LogP contribution in [0.15, 0.2) is 18.2 Å². The summed E-state index contributed by atoms with van der Waals surface area (Å²) in [5.74, 6) is -0.657. The predicted octanol–water partition coefficient (Wildman–Crippen LogP) is 2.03. The molecule has 8 heteroatoms. The number of halogens is 1. The summed E-state index contributed by atoms with van der Waals surface area (Å²) in [6.45, 7) is 7.52. The molecule has 0 unspecified atom stereocenters. The van der Waals surface area contributed by atoms with Crippen molar-refractivity contribution in [3.63, 3.8) is 0 Å². The lowest BCUT2D eigenvalue weighted by Crippen LogP contribution is -2.41. The van der Waals surface area contributed by atoms with E-state index >= 15 is 0 Å². The van der Waals surface area contributed by atoms with E-state index in [-0.39, 0.29) is 11.2 Å². The molecular weight excluding hydrogens is 320 g/mol. The molecule has 1 heterocycles. The molecule has 1 saturated carbocycles. The molecule has 0 aromatic heterocycles. The quantitative estimate of drug-likeness (QED) is 0.851. The van der Waals surface area contributed by atoms with Crippen molar-refractivity contribution >= 4 is 28.3 Å². The minimum Gasteiger partial charge on any atom is -0.399 e. The molecule has 0 spiro atoms. The van der Waals surface area contributed by atoms with Crippen LogP contribution >= 0.6 is 0 Å². The lowest BCUT2D eigenvalue weighted by atomic mass is 9.78. The highest BCUT2D eigenvalue weighted by molar-refractivity contribution is 7.93. The van der Waals surface area contributed by atoms with Crippen molar-refractivity contribution < 1.29 is 22.1 Å². The van der Waals surface area contributed by atoms with Crippen LogP contribution in [-0.2, 0) is 19.3 Å². The zero-order valence-corrected chi connectivity index (χ0v) is 14.5. The fourth-order valence-corrected chi connectivity index (χ4v) is 3.78. The summed E-state index contributed by atoms with van der Waals surface area (Å²) in [7, 11) is -4.39. The van der Waals surface area contributed by atoms with Gasteiger partial charge in [-0.2, -0.15) is 0 Å². The maximum atomic E-state index is 14.8. The zero-order valence-electron chi connectivity index (χ0n) is 13.7. The van der Waals surface area contributed by atoms with Gasteiger partial charge in [0.25, 0.3) is 0 Å². The third-order valence-corrected chi connectivity index (χ3v) is 6.60. The van der Waals surface area contributed by atoms with E-state index in [0.29, 0.717) is 12.8 Å². The Labute approximate surface area is 136 Å². The second-order valence-corrected chi connectivity index (χ2v) is 9.10. The number of hydrogen-bond acceptors (Lipinski definition) is 4. The average Bonchev–Trinajstić information content (AvgIpc) is 3.21. The lowest BCUT2D eigenvalue weighted by Gasteiger charge is -2.32. The molecule has 5 nitrogen and oxygen atoms in total. The molecule has 1 aromatic rings. The highest BCUT2D eigenvalue weighted by atomic mass is 32.2. The van der Waals surface area contributed by atoms with E-state index in [4.69, 9.17) is 9.31 Å². The number of anilines is 1. The first-order valence-electron chi connectivity index (χ1n) is 7.69. The Kier molecular flexibility index (Phi) is 3.78. The van der Waals surface area contributed by atoms with Crippen LogP contribution in [-0.4, -0.2) is 32.0 Å². The molecule has 1 aromatic carbocycles. The molecule has 2 fully saturated rings. The Hall–Kier alpha value is -1.12. The topological polar surface area (TPSA) is 64.6 Å². The van der Waals surface area contributed by atoms with Gasteiger partial charge in [0.2, 0.25) is 10.0 Å². The van der Waals surface area contributed by atoms with Gasteiger partial charge in [-0.15, -0.1) is 0 Å².